The van der Waals surface area contributed by atoms with Gasteiger partial charge in [-0.05, 0) is 30.0 Å². The molecule has 3 rings (SSSR count). The van der Waals surface area contributed by atoms with Crippen molar-refractivity contribution in [2.45, 2.75) is 24.8 Å². The number of carbonyl (C=O) groups excluding carboxylic acids is 1. The maximum Gasteiger partial charge on any atom is 0.230 e. The molecule has 1 aliphatic rings. The minimum Gasteiger partial charge on any atom is -0.363 e. The molecule has 1 aromatic carbocycles. The van der Waals surface area contributed by atoms with Gasteiger partial charge >= 0.3 is 0 Å². The number of nitrogens with zero attached hydrogens (tertiary/aromatic N) is 2. The zero-order chi connectivity index (χ0) is 15.6. The number of nitrogens with one attached hydrogen (secondary N) is 1. The van der Waals surface area contributed by atoms with Crippen molar-refractivity contribution >= 4 is 11.7 Å². The van der Waals surface area contributed by atoms with E-state index in [0.29, 0.717) is 6.54 Å². The Morgan fingerprint density at radius 1 is 1.18 bits per heavy atom. The lowest BCUT2D eigenvalue weighted by Gasteiger charge is -2.16. The van der Waals surface area contributed by atoms with Crippen molar-refractivity contribution in [1.82, 2.24) is 10.3 Å². The lowest BCUT2D eigenvalue weighted by molar-refractivity contribution is -0.123. The third-order valence-corrected chi connectivity index (χ3v) is 4.23. The van der Waals surface area contributed by atoms with Crippen molar-refractivity contribution < 1.29 is 4.79 Å². The van der Waals surface area contributed by atoms with Gasteiger partial charge in [0.2, 0.25) is 5.91 Å². The molecular weight excluding hydrogens is 274 g/mol. The lowest BCUT2D eigenvalue weighted by atomic mass is 9.95. The van der Waals surface area contributed by atoms with Crippen molar-refractivity contribution in [3.05, 3.63) is 59.8 Å². The molecule has 22 heavy (non-hydrogen) atoms. The molecule has 1 amide bonds. The van der Waals surface area contributed by atoms with E-state index in [9.17, 15) is 4.79 Å². The summed E-state index contributed by atoms with van der Waals surface area (Å²) in [4.78, 5) is 18.9. The number of hydrogen-bond acceptors (Lipinski definition) is 3. The van der Waals surface area contributed by atoms with Crippen LogP contribution in [0.4, 0.5) is 5.82 Å². The minimum atomic E-state index is -0.307. The number of rotatable bonds is 5. The highest BCUT2D eigenvalue weighted by atomic mass is 16.2. The molecule has 1 N–H and O–H groups in total. The summed E-state index contributed by atoms with van der Waals surface area (Å²) in [6.07, 6.45) is 3.68. The van der Waals surface area contributed by atoms with Crippen LogP contribution in [0.1, 0.15) is 24.0 Å². The largest absolute Gasteiger partial charge is 0.363 e. The number of benzene rings is 1. The molecule has 0 atom stereocenters. The summed E-state index contributed by atoms with van der Waals surface area (Å²) in [5.74, 6) is 1.04. The zero-order valence-corrected chi connectivity index (χ0v) is 13.0. The molecule has 0 radical (unpaired) electrons. The lowest BCUT2D eigenvalue weighted by Crippen LogP contribution is -2.34. The Hall–Kier alpha value is -2.36. The van der Waals surface area contributed by atoms with Gasteiger partial charge in [0.05, 0.1) is 5.41 Å². The van der Waals surface area contributed by atoms with E-state index in [1.54, 1.807) is 0 Å². The quantitative estimate of drug-likeness (QED) is 0.922. The molecule has 4 heteroatoms. The highest BCUT2D eigenvalue weighted by Gasteiger charge is 2.50. The van der Waals surface area contributed by atoms with Gasteiger partial charge < -0.3 is 10.2 Å². The molecule has 1 aliphatic carbocycles. The second kappa shape index (κ2) is 5.79. The average Bonchev–Trinajstić information content (AvgIpc) is 3.36. The first-order valence-electron chi connectivity index (χ1n) is 7.58. The van der Waals surface area contributed by atoms with Gasteiger partial charge in [-0.1, -0.05) is 36.4 Å². The van der Waals surface area contributed by atoms with Crippen LogP contribution in [0.25, 0.3) is 0 Å². The molecule has 0 bridgehead atoms. The molecule has 1 fully saturated rings. The van der Waals surface area contributed by atoms with Crippen LogP contribution in [0, 0.1) is 0 Å². The van der Waals surface area contributed by atoms with Crippen LogP contribution >= 0.6 is 0 Å². The molecule has 1 saturated carbocycles. The van der Waals surface area contributed by atoms with Crippen LogP contribution in [0.5, 0.6) is 0 Å². The SMILES string of the molecule is CN(C)c1ccc(CNC(=O)C2(c3ccccc3)CC2)cn1. The highest BCUT2D eigenvalue weighted by molar-refractivity contribution is 5.91. The van der Waals surface area contributed by atoms with Crippen LogP contribution in [-0.4, -0.2) is 25.0 Å². The predicted octanol–water partition coefficient (Wildman–Crippen LogP) is 2.50. The molecule has 114 valence electrons. The number of carbonyl (C=O) groups is 1. The number of pyridine rings is 1. The molecule has 4 nitrogen and oxygen atoms in total. The summed E-state index contributed by atoms with van der Waals surface area (Å²) in [6.45, 7) is 0.522. The Labute approximate surface area is 131 Å². The zero-order valence-electron chi connectivity index (χ0n) is 13.0. The summed E-state index contributed by atoms with van der Waals surface area (Å²) < 4.78 is 0. The number of hydrogen-bond donors (Lipinski definition) is 1. The van der Waals surface area contributed by atoms with Gasteiger partial charge in [-0.25, -0.2) is 4.98 Å². The highest BCUT2D eigenvalue weighted by Crippen LogP contribution is 2.48. The average molecular weight is 295 g/mol. The second-order valence-corrected chi connectivity index (χ2v) is 6.05. The van der Waals surface area contributed by atoms with Crippen LogP contribution in [0.15, 0.2) is 48.7 Å². The summed E-state index contributed by atoms with van der Waals surface area (Å²) in [7, 11) is 3.92. The van der Waals surface area contributed by atoms with Crippen LogP contribution in [0.3, 0.4) is 0 Å². The van der Waals surface area contributed by atoms with Crippen LogP contribution < -0.4 is 10.2 Å². The van der Waals surface area contributed by atoms with E-state index < -0.39 is 0 Å². The predicted molar refractivity (Wildman–Crippen MR) is 87.8 cm³/mol. The van der Waals surface area contributed by atoms with Crippen molar-refractivity contribution in [2.24, 2.45) is 0 Å². The smallest absolute Gasteiger partial charge is 0.230 e. The van der Waals surface area contributed by atoms with E-state index in [-0.39, 0.29) is 11.3 Å². The fourth-order valence-electron chi connectivity index (χ4n) is 2.67. The summed E-state index contributed by atoms with van der Waals surface area (Å²) in [6, 6.07) is 14.0. The van der Waals surface area contributed by atoms with Gasteiger partial charge in [0.25, 0.3) is 0 Å². The van der Waals surface area contributed by atoms with E-state index in [0.717, 1.165) is 29.8 Å². The maximum atomic E-state index is 12.5. The molecule has 2 aromatic rings. The molecule has 0 saturated heterocycles. The monoisotopic (exact) mass is 295 g/mol. The third-order valence-electron chi connectivity index (χ3n) is 4.23. The van der Waals surface area contributed by atoms with Crippen LogP contribution in [0.2, 0.25) is 0 Å². The van der Waals surface area contributed by atoms with Crippen molar-refractivity contribution in [1.29, 1.82) is 0 Å². The third kappa shape index (κ3) is 2.82. The minimum absolute atomic E-state index is 0.121. The van der Waals surface area contributed by atoms with Gasteiger partial charge in [-0.2, -0.15) is 0 Å². The molecule has 1 aromatic heterocycles. The normalized spacial score (nSPS) is 15.2. The Balaban J connectivity index is 1.63. The standard InChI is InChI=1S/C18H21N3O/c1-21(2)16-9-8-14(12-19-16)13-20-17(22)18(10-11-18)15-6-4-3-5-7-15/h3-9,12H,10-11,13H2,1-2H3,(H,20,22). The summed E-state index contributed by atoms with van der Waals surface area (Å²) in [5.41, 5.74) is 1.83. The van der Waals surface area contributed by atoms with Gasteiger partial charge in [0.1, 0.15) is 5.82 Å². The van der Waals surface area contributed by atoms with E-state index in [2.05, 4.69) is 10.3 Å². The molecule has 1 heterocycles. The molecule has 0 unspecified atom stereocenters. The first-order valence-corrected chi connectivity index (χ1v) is 7.58. The Morgan fingerprint density at radius 3 is 2.45 bits per heavy atom. The first-order chi connectivity index (χ1) is 10.6. The van der Waals surface area contributed by atoms with Gasteiger partial charge in [-0.15, -0.1) is 0 Å². The molecule has 0 aliphatic heterocycles. The van der Waals surface area contributed by atoms with Crippen molar-refractivity contribution in [2.75, 3.05) is 19.0 Å². The molecule has 0 spiro atoms. The van der Waals surface area contributed by atoms with Crippen LogP contribution in [-0.2, 0) is 16.8 Å². The number of amides is 1. The van der Waals surface area contributed by atoms with E-state index >= 15 is 0 Å². The van der Waals surface area contributed by atoms with E-state index in [1.165, 1.54) is 0 Å². The second-order valence-electron chi connectivity index (χ2n) is 6.05. The first kappa shape index (κ1) is 14.6. The van der Waals surface area contributed by atoms with E-state index in [4.69, 9.17) is 0 Å². The van der Waals surface area contributed by atoms with E-state index in [1.807, 2.05) is 67.7 Å². The topological polar surface area (TPSA) is 45.2 Å². The van der Waals surface area contributed by atoms with Gasteiger partial charge in [0, 0.05) is 26.8 Å². The number of aromatic nitrogens is 1. The van der Waals surface area contributed by atoms with Gasteiger partial charge in [-0.3, -0.25) is 4.79 Å². The Kier molecular flexibility index (Phi) is 3.84. The maximum absolute atomic E-state index is 12.5. The Morgan fingerprint density at radius 2 is 1.91 bits per heavy atom. The van der Waals surface area contributed by atoms with Crippen molar-refractivity contribution in [3.63, 3.8) is 0 Å². The summed E-state index contributed by atoms with van der Waals surface area (Å²) >= 11 is 0. The molecular formula is C18H21N3O. The number of anilines is 1. The van der Waals surface area contributed by atoms with Crippen molar-refractivity contribution in [3.8, 4) is 0 Å². The Bertz CT molecular complexity index is 646. The fraction of sp³-hybridized carbons (Fsp3) is 0.333. The fourth-order valence-corrected chi connectivity index (χ4v) is 2.67. The van der Waals surface area contributed by atoms with Gasteiger partial charge in [0.15, 0.2) is 0 Å². The summed E-state index contributed by atoms with van der Waals surface area (Å²) in [5, 5.41) is 3.06.